The first kappa shape index (κ1) is 18.4. The Balaban J connectivity index is 2.12. The number of piperidine rings is 1. The molecule has 2 nitrogen and oxygen atoms in total. The van der Waals surface area contributed by atoms with Gasteiger partial charge < -0.3 is 5.32 Å². The van der Waals surface area contributed by atoms with E-state index in [1.54, 1.807) is 18.2 Å². The summed E-state index contributed by atoms with van der Waals surface area (Å²) in [6, 6.07) is 12.6. The van der Waals surface area contributed by atoms with Gasteiger partial charge in [-0.25, -0.2) is 0 Å². The minimum absolute atomic E-state index is 0.0355. The Morgan fingerprint density at radius 1 is 0.923 bits per heavy atom. The van der Waals surface area contributed by atoms with Crippen molar-refractivity contribution in [3.63, 3.8) is 0 Å². The van der Waals surface area contributed by atoms with Crippen LogP contribution in [0.15, 0.2) is 54.1 Å². The van der Waals surface area contributed by atoms with E-state index in [1.807, 2.05) is 12.1 Å². The lowest BCUT2D eigenvalue weighted by Gasteiger charge is -2.22. The van der Waals surface area contributed by atoms with Gasteiger partial charge in [-0.05, 0) is 61.7 Å². The normalized spacial score (nSPS) is 15.0. The van der Waals surface area contributed by atoms with Gasteiger partial charge in [-0.15, -0.1) is 0 Å². The monoisotopic (exact) mass is 359 g/mol. The molecule has 0 amide bonds. The summed E-state index contributed by atoms with van der Waals surface area (Å²) in [6.07, 6.45) is -2.79. The molecule has 0 atom stereocenters. The number of carbonyl (C=O) groups excluding carboxylic acids is 1. The van der Waals surface area contributed by atoms with Gasteiger partial charge in [0.25, 0.3) is 0 Å². The van der Waals surface area contributed by atoms with Gasteiger partial charge in [0.05, 0.1) is 5.56 Å². The summed E-state index contributed by atoms with van der Waals surface area (Å²) in [5.74, 6) is -0.0355. The van der Waals surface area contributed by atoms with E-state index in [0.717, 1.165) is 48.7 Å². The van der Waals surface area contributed by atoms with Crippen LogP contribution < -0.4 is 5.32 Å². The maximum atomic E-state index is 13.2. The molecule has 1 N–H and O–H groups in total. The van der Waals surface area contributed by atoms with Gasteiger partial charge in [0.2, 0.25) is 0 Å². The number of alkyl halides is 3. The van der Waals surface area contributed by atoms with E-state index in [4.69, 9.17) is 0 Å². The van der Waals surface area contributed by atoms with Crippen LogP contribution in [0.5, 0.6) is 0 Å². The largest absolute Gasteiger partial charge is 0.416 e. The Morgan fingerprint density at radius 3 is 2.12 bits per heavy atom. The lowest BCUT2D eigenvalue weighted by molar-refractivity contribution is -0.137. The fourth-order valence-corrected chi connectivity index (χ4v) is 3.28. The van der Waals surface area contributed by atoms with Gasteiger partial charge in [0.15, 0.2) is 5.78 Å². The summed E-state index contributed by atoms with van der Waals surface area (Å²) in [4.78, 5) is 11.5. The van der Waals surface area contributed by atoms with Crippen LogP contribution in [-0.4, -0.2) is 18.9 Å². The number of nitrogens with one attached hydrogen (secondary N) is 1. The van der Waals surface area contributed by atoms with Crippen molar-refractivity contribution in [2.24, 2.45) is 0 Å². The SMILES string of the molecule is CC(=O)c1ccc(C(=C2CCNCC2)c2cccc(C(F)(F)F)c2)cc1. The number of hydrogen-bond donors (Lipinski definition) is 1. The van der Waals surface area contributed by atoms with Crippen molar-refractivity contribution in [2.45, 2.75) is 25.9 Å². The molecule has 0 unspecified atom stereocenters. The Bertz CT molecular complexity index is 827. The lowest BCUT2D eigenvalue weighted by Crippen LogP contribution is -2.24. The zero-order chi connectivity index (χ0) is 18.7. The topological polar surface area (TPSA) is 29.1 Å². The summed E-state index contributed by atoms with van der Waals surface area (Å²) in [5.41, 5.74) is 3.32. The molecule has 0 saturated carbocycles. The zero-order valence-corrected chi connectivity index (χ0v) is 14.5. The number of hydrogen-bond acceptors (Lipinski definition) is 2. The highest BCUT2D eigenvalue weighted by Crippen LogP contribution is 2.35. The zero-order valence-electron chi connectivity index (χ0n) is 14.5. The second-order valence-corrected chi connectivity index (χ2v) is 6.44. The van der Waals surface area contributed by atoms with Crippen LogP contribution in [-0.2, 0) is 6.18 Å². The second kappa shape index (κ2) is 7.46. The Labute approximate surface area is 150 Å². The van der Waals surface area contributed by atoms with E-state index in [9.17, 15) is 18.0 Å². The fourth-order valence-electron chi connectivity index (χ4n) is 3.28. The average molecular weight is 359 g/mol. The summed E-state index contributed by atoms with van der Waals surface area (Å²) >= 11 is 0. The van der Waals surface area contributed by atoms with Crippen LogP contribution in [0.4, 0.5) is 13.2 Å². The van der Waals surface area contributed by atoms with Crippen molar-refractivity contribution < 1.29 is 18.0 Å². The van der Waals surface area contributed by atoms with E-state index >= 15 is 0 Å². The maximum absolute atomic E-state index is 13.2. The number of halogens is 3. The van der Waals surface area contributed by atoms with E-state index < -0.39 is 11.7 Å². The van der Waals surface area contributed by atoms with Crippen LogP contribution in [0, 0.1) is 0 Å². The highest BCUT2D eigenvalue weighted by atomic mass is 19.4. The molecule has 1 fully saturated rings. The molecule has 0 spiro atoms. The van der Waals surface area contributed by atoms with Gasteiger partial charge in [-0.3, -0.25) is 4.79 Å². The van der Waals surface area contributed by atoms with Gasteiger partial charge in [-0.2, -0.15) is 13.2 Å². The predicted octanol–water partition coefficient (Wildman–Crippen LogP) is 5.09. The predicted molar refractivity (Wildman–Crippen MR) is 96.0 cm³/mol. The smallest absolute Gasteiger partial charge is 0.316 e. The Kier molecular flexibility index (Phi) is 5.28. The third-order valence-electron chi connectivity index (χ3n) is 4.62. The molecule has 0 radical (unpaired) electrons. The van der Waals surface area contributed by atoms with Crippen LogP contribution in [0.3, 0.4) is 0 Å². The van der Waals surface area contributed by atoms with Crippen molar-refractivity contribution >= 4 is 11.4 Å². The van der Waals surface area contributed by atoms with E-state index in [0.29, 0.717) is 11.1 Å². The molecular formula is C21H20F3NO. The maximum Gasteiger partial charge on any atom is 0.416 e. The quantitative estimate of drug-likeness (QED) is 0.773. The molecule has 0 aliphatic carbocycles. The van der Waals surface area contributed by atoms with Crippen molar-refractivity contribution in [3.05, 3.63) is 76.4 Å². The van der Waals surface area contributed by atoms with Crippen LogP contribution >= 0.6 is 0 Å². The third kappa shape index (κ3) is 4.05. The standard InChI is InChI=1S/C21H20F3NO/c1-14(26)15-5-7-16(8-6-15)20(17-9-11-25-12-10-17)18-3-2-4-19(13-18)21(22,23)24/h2-8,13,25H,9-12H2,1H3. The second-order valence-electron chi connectivity index (χ2n) is 6.44. The summed E-state index contributed by atoms with van der Waals surface area (Å²) in [6.45, 7) is 3.11. The Hall–Kier alpha value is -2.40. The third-order valence-corrected chi connectivity index (χ3v) is 4.62. The molecule has 3 rings (SSSR count). The van der Waals surface area contributed by atoms with Gasteiger partial charge in [0.1, 0.15) is 0 Å². The molecule has 2 aromatic carbocycles. The van der Waals surface area contributed by atoms with E-state index in [1.165, 1.54) is 19.1 Å². The molecule has 1 saturated heterocycles. The van der Waals surface area contributed by atoms with Crippen molar-refractivity contribution in [3.8, 4) is 0 Å². The molecule has 1 aliphatic heterocycles. The molecule has 0 bridgehead atoms. The molecular weight excluding hydrogens is 339 g/mol. The number of Topliss-reactive ketones (excluding diaryl/α,β-unsaturated/α-hetero) is 1. The number of benzene rings is 2. The first-order valence-electron chi connectivity index (χ1n) is 8.58. The molecule has 1 aliphatic rings. The Morgan fingerprint density at radius 2 is 1.54 bits per heavy atom. The van der Waals surface area contributed by atoms with Gasteiger partial charge in [0, 0.05) is 5.56 Å². The van der Waals surface area contributed by atoms with Gasteiger partial charge >= 0.3 is 6.18 Å². The molecule has 2 aromatic rings. The van der Waals surface area contributed by atoms with Crippen LogP contribution in [0.1, 0.15) is 46.8 Å². The highest BCUT2D eigenvalue weighted by molar-refractivity contribution is 5.94. The highest BCUT2D eigenvalue weighted by Gasteiger charge is 2.31. The van der Waals surface area contributed by atoms with Crippen molar-refractivity contribution in [1.29, 1.82) is 0 Å². The summed E-state index contributed by atoms with van der Waals surface area (Å²) in [7, 11) is 0. The van der Waals surface area contributed by atoms with Crippen LogP contribution in [0.2, 0.25) is 0 Å². The van der Waals surface area contributed by atoms with Crippen molar-refractivity contribution in [1.82, 2.24) is 5.32 Å². The summed E-state index contributed by atoms with van der Waals surface area (Å²) in [5, 5.41) is 3.27. The first-order valence-corrected chi connectivity index (χ1v) is 8.58. The van der Waals surface area contributed by atoms with E-state index in [-0.39, 0.29) is 5.78 Å². The first-order chi connectivity index (χ1) is 12.4. The fraction of sp³-hybridized carbons (Fsp3) is 0.286. The average Bonchev–Trinajstić information content (AvgIpc) is 2.63. The van der Waals surface area contributed by atoms with E-state index in [2.05, 4.69) is 5.32 Å². The molecule has 0 aromatic heterocycles. The number of rotatable bonds is 3. The molecule has 26 heavy (non-hydrogen) atoms. The molecule has 136 valence electrons. The minimum Gasteiger partial charge on any atom is -0.316 e. The van der Waals surface area contributed by atoms with Gasteiger partial charge in [-0.1, -0.05) is 42.0 Å². The van der Waals surface area contributed by atoms with Crippen molar-refractivity contribution in [2.75, 3.05) is 13.1 Å². The minimum atomic E-state index is -4.38. The molecule has 5 heteroatoms. The summed E-state index contributed by atoms with van der Waals surface area (Å²) < 4.78 is 39.5. The number of ketones is 1. The van der Waals surface area contributed by atoms with Crippen LogP contribution in [0.25, 0.3) is 5.57 Å². The number of carbonyl (C=O) groups is 1. The molecule has 1 heterocycles. The lowest BCUT2D eigenvalue weighted by atomic mass is 9.87.